The lowest BCUT2D eigenvalue weighted by atomic mass is 9.96. The summed E-state index contributed by atoms with van der Waals surface area (Å²) < 4.78 is 10.8. The average molecular weight is 298 g/mol. The Morgan fingerprint density at radius 2 is 2.24 bits per heavy atom. The van der Waals surface area contributed by atoms with E-state index in [1.165, 1.54) is 18.0 Å². The Bertz CT molecular complexity index is 529. The minimum Gasteiger partial charge on any atom is -0.471 e. The molecular weight excluding hydrogens is 280 g/mol. The third-order valence-electron chi connectivity index (χ3n) is 3.94. The fraction of sp³-hybridized carbons (Fsp3) is 0.615. The molecule has 0 radical (unpaired) electrons. The summed E-state index contributed by atoms with van der Waals surface area (Å²) in [4.78, 5) is 13.3. The molecular formula is C13H18N2O6. The van der Waals surface area contributed by atoms with Gasteiger partial charge in [0.05, 0.1) is 12.4 Å². The first-order valence-electron chi connectivity index (χ1n) is 6.67. The summed E-state index contributed by atoms with van der Waals surface area (Å²) in [5.41, 5.74) is -0.985. The summed E-state index contributed by atoms with van der Waals surface area (Å²) in [7, 11) is 0. The van der Waals surface area contributed by atoms with Gasteiger partial charge in [-0.2, -0.15) is 0 Å². The molecule has 116 valence electrons. The molecule has 3 rings (SSSR count). The van der Waals surface area contributed by atoms with Crippen LogP contribution < -0.4 is 5.32 Å². The second kappa shape index (κ2) is 4.70. The number of hydrogen-bond acceptors (Lipinski definition) is 6. The van der Waals surface area contributed by atoms with Crippen LogP contribution in [0.2, 0.25) is 0 Å². The number of fused-ring (bicyclic) bond motifs is 1. The van der Waals surface area contributed by atoms with Crippen molar-refractivity contribution in [3.63, 3.8) is 0 Å². The van der Waals surface area contributed by atoms with E-state index in [4.69, 9.17) is 9.47 Å². The van der Waals surface area contributed by atoms with Crippen LogP contribution in [0.5, 0.6) is 0 Å². The summed E-state index contributed by atoms with van der Waals surface area (Å²) in [5, 5.41) is 32.2. The minimum atomic E-state index is -1.70. The lowest BCUT2D eigenvalue weighted by Crippen LogP contribution is -2.58. The number of allylic oxidation sites excluding steroid dienone is 1. The molecule has 4 unspecified atom stereocenters. The first-order valence-corrected chi connectivity index (χ1v) is 6.67. The van der Waals surface area contributed by atoms with Crippen LogP contribution in [0.1, 0.15) is 13.8 Å². The number of amides is 2. The molecule has 21 heavy (non-hydrogen) atoms. The van der Waals surface area contributed by atoms with E-state index in [1.807, 2.05) is 0 Å². The largest absolute Gasteiger partial charge is 0.471 e. The standard InChI is InChI=1S/C13H18N2O6/c1-6-3-7-4-15(12(18)14-10(7)20-6)11-13(2,19)9(17)8(5-16)21-11/h3-4,8-11,16-17,19H,5H2,1-2H3,(H,14,18)/t8?,9?,10?,11?,13-/m1/s1. The number of aliphatic hydroxyl groups is 3. The van der Waals surface area contributed by atoms with Gasteiger partial charge in [0.25, 0.3) is 0 Å². The Morgan fingerprint density at radius 1 is 1.52 bits per heavy atom. The zero-order chi connectivity index (χ0) is 15.4. The summed E-state index contributed by atoms with van der Waals surface area (Å²) in [6.07, 6.45) is -0.613. The molecule has 0 saturated carbocycles. The second-order valence-corrected chi connectivity index (χ2v) is 5.62. The van der Waals surface area contributed by atoms with E-state index in [9.17, 15) is 20.1 Å². The maximum Gasteiger partial charge on any atom is 0.326 e. The first-order chi connectivity index (χ1) is 9.84. The average Bonchev–Trinajstić information content (AvgIpc) is 2.87. The van der Waals surface area contributed by atoms with Crippen LogP contribution in [-0.2, 0) is 9.47 Å². The molecule has 0 aliphatic carbocycles. The van der Waals surface area contributed by atoms with Gasteiger partial charge in [-0.1, -0.05) is 0 Å². The lowest BCUT2D eigenvalue weighted by Gasteiger charge is -2.36. The van der Waals surface area contributed by atoms with Crippen LogP contribution in [0, 0.1) is 0 Å². The maximum atomic E-state index is 12.2. The van der Waals surface area contributed by atoms with Crippen molar-refractivity contribution in [2.75, 3.05) is 6.61 Å². The van der Waals surface area contributed by atoms with Crippen molar-refractivity contribution in [3.05, 3.63) is 23.6 Å². The van der Waals surface area contributed by atoms with Gasteiger partial charge < -0.3 is 24.8 Å². The lowest BCUT2D eigenvalue weighted by molar-refractivity contribution is -0.108. The van der Waals surface area contributed by atoms with Gasteiger partial charge in [-0.3, -0.25) is 10.2 Å². The number of ether oxygens (including phenoxy) is 2. The van der Waals surface area contributed by atoms with Crippen molar-refractivity contribution in [3.8, 4) is 0 Å². The summed E-state index contributed by atoms with van der Waals surface area (Å²) in [5.74, 6) is 0.667. The van der Waals surface area contributed by atoms with E-state index in [2.05, 4.69) is 5.32 Å². The van der Waals surface area contributed by atoms with Gasteiger partial charge in [0.2, 0.25) is 6.23 Å². The number of carbonyl (C=O) groups is 1. The highest BCUT2D eigenvalue weighted by Crippen LogP contribution is 2.35. The summed E-state index contributed by atoms with van der Waals surface area (Å²) >= 11 is 0. The fourth-order valence-electron chi connectivity index (χ4n) is 2.79. The van der Waals surface area contributed by atoms with E-state index in [0.29, 0.717) is 11.3 Å². The van der Waals surface area contributed by atoms with Crippen molar-refractivity contribution < 1.29 is 29.6 Å². The van der Waals surface area contributed by atoms with Gasteiger partial charge in [0.1, 0.15) is 17.8 Å². The summed E-state index contributed by atoms with van der Waals surface area (Å²) in [6, 6.07) is -0.511. The van der Waals surface area contributed by atoms with Crippen LogP contribution in [0.4, 0.5) is 4.79 Å². The Balaban J connectivity index is 1.91. The normalized spacial score (nSPS) is 42.1. The van der Waals surface area contributed by atoms with Crippen molar-refractivity contribution in [1.82, 2.24) is 10.2 Å². The predicted octanol–water partition coefficient (Wildman–Crippen LogP) is -1.02. The highest BCUT2D eigenvalue weighted by Gasteiger charge is 2.55. The Kier molecular flexibility index (Phi) is 3.21. The zero-order valence-corrected chi connectivity index (χ0v) is 11.7. The smallest absolute Gasteiger partial charge is 0.326 e. The van der Waals surface area contributed by atoms with Crippen molar-refractivity contribution in [2.24, 2.45) is 0 Å². The van der Waals surface area contributed by atoms with Crippen LogP contribution in [0.15, 0.2) is 23.6 Å². The Hall–Kier alpha value is -1.61. The van der Waals surface area contributed by atoms with Crippen molar-refractivity contribution in [1.29, 1.82) is 0 Å². The van der Waals surface area contributed by atoms with Crippen LogP contribution in [-0.4, -0.2) is 63.1 Å². The fourth-order valence-corrected chi connectivity index (χ4v) is 2.79. The molecule has 4 N–H and O–H groups in total. The minimum absolute atomic E-state index is 0.454. The molecule has 0 aromatic rings. The zero-order valence-electron chi connectivity index (χ0n) is 11.7. The first kappa shape index (κ1) is 14.3. The highest BCUT2D eigenvalue weighted by molar-refractivity contribution is 5.78. The van der Waals surface area contributed by atoms with E-state index >= 15 is 0 Å². The SMILES string of the molecule is CC1=CC2=CN(C3OC(CO)C(O)[C@@]3(C)O)C(=O)NC2O1. The number of carbonyl (C=O) groups excluding carboxylic acids is 1. The topological polar surface area (TPSA) is 111 Å². The molecule has 1 fully saturated rings. The van der Waals surface area contributed by atoms with Crippen LogP contribution in [0.25, 0.3) is 0 Å². The van der Waals surface area contributed by atoms with Gasteiger partial charge in [-0.05, 0) is 19.9 Å². The Labute approximate surface area is 121 Å². The van der Waals surface area contributed by atoms with E-state index in [0.717, 1.165) is 0 Å². The summed E-state index contributed by atoms with van der Waals surface area (Å²) in [6.45, 7) is 2.68. The van der Waals surface area contributed by atoms with Crippen LogP contribution >= 0.6 is 0 Å². The predicted molar refractivity (Wildman–Crippen MR) is 69.5 cm³/mol. The quantitative estimate of drug-likeness (QED) is 0.519. The molecule has 0 aromatic carbocycles. The van der Waals surface area contributed by atoms with Gasteiger partial charge in [0, 0.05) is 11.8 Å². The molecule has 0 spiro atoms. The molecule has 3 aliphatic heterocycles. The molecule has 5 atom stereocenters. The number of hydrogen-bond donors (Lipinski definition) is 4. The third-order valence-corrected chi connectivity index (χ3v) is 3.94. The van der Waals surface area contributed by atoms with Gasteiger partial charge in [0.15, 0.2) is 6.23 Å². The molecule has 3 aliphatic rings. The monoisotopic (exact) mass is 298 g/mol. The maximum absolute atomic E-state index is 12.2. The molecule has 0 bridgehead atoms. The van der Waals surface area contributed by atoms with E-state index in [-0.39, 0.29) is 0 Å². The molecule has 1 saturated heterocycles. The van der Waals surface area contributed by atoms with Crippen molar-refractivity contribution in [2.45, 2.75) is 44.1 Å². The Morgan fingerprint density at radius 3 is 2.86 bits per heavy atom. The van der Waals surface area contributed by atoms with Crippen molar-refractivity contribution >= 4 is 6.03 Å². The van der Waals surface area contributed by atoms with E-state index in [1.54, 1.807) is 13.0 Å². The van der Waals surface area contributed by atoms with Crippen LogP contribution in [0.3, 0.4) is 0 Å². The molecule has 2 amide bonds. The molecule has 8 nitrogen and oxygen atoms in total. The number of nitrogens with zero attached hydrogens (tertiary/aromatic N) is 1. The number of nitrogens with one attached hydrogen (secondary N) is 1. The third kappa shape index (κ3) is 2.11. The number of rotatable bonds is 2. The number of urea groups is 1. The van der Waals surface area contributed by atoms with E-state index < -0.39 is 42.9 Å². The molecule has 3 heterocycles. The van der Waals surface area contributed by atoms with Gasteiger partial charge in [-0.15, -0.1) is 0 Å². The molecule has 0 aromatic heterocycles. The number of aliphatic hydroxyl groups excluding tert-OH is 2. The second-order valence-electron chi connectivity index (χ2n) is 5.62. The van der Waals surface area contributed by atoms with Gasteiger partial charge in [-0.25, -0.2) is 4.79 Å². The highest BCUT2D eigenvalue weighted by atomic mass is 16.6. The van der Waals surface area contributed by atoms with Gasteiger partial charge >= 0.3 is 6.03 Å². The molecule has 8 heteroatoms.